The maximum absolute atomic E-state index is 4.29. The van der Waals surface area contributed by atoms with Crippen LogP contribution in [0.2, 0.25) is 0 Å². The van der Waals surface area contributed by atoms with E-state index >= 15 is 0 Å². The summed E-state index contributed by atoms with van der Waals surface area (Å²) in [6.07, 6.45) is 3.89. The first kappa shape index (κ1) is 13.9. The van der Waals surface area contributed by atoms with Crippen molar-refractivity contribution in [3.63, 3.8) is 0 Å². The predicted octanol–water partition coefficient (Wildman–Crippen LogP) is 2.85. The Hall–Kier alpha value is -1.51. The molecule has 0 heterocycles. The third-order valence-electron chi connectivity index (χ3n) is 3.71. The van der Waals surface area contributed by atoms with Crippen molar-refractivity contribution in [3.05, 3.63) is 35.4 Å². The van der Waals surface area contributed by atoms with Crippen molar-refractivity contribution in [2.24, 2.45) is 10.9 Å². The quantitative estimate of drug-likeness (QED) is 0.630. The number of rotatable bonds is 5. The molecule has 1 aromatic carbocycles. The molecule has 1 aliphatic rings. The maximum atomic E-state index is 4.29. The molecule has 0 spiro atoms. The molecule has 0 bridgehead atoms. The molecule has 0 aromatic heterocycles. The van der Waals surface area contributed by atoms with Crippen LogP contribution in [0.1, 0.15) is 37.3 Å². The fraction of sp³-hybridized carbons (Fsp3) is 0.562. The van der Waals surface area contributed by atoms with Gasteiger partial charge in [-0.15, -0.1) is 0 Å². The number of benzene rings is 1. The Kier molecular flexibility index (Phi) is 4.83. The third kappa shape index (κ3) is 4.27. The van der Waals surface area contributed by atoms with E-state index in [1.165, 1.54) is 30.4 Å². The van der Waals surface area contributed by atoms with Crippen molar-refractivity contribution in [1.82, 2.24) is 10.6 Å². The Morgan fingerprint density at radius 2 is 2.05 bits per heavy atom. The van der Waals surface area contributed by atoms with Crippen molar-refractivity contribution >= 4 is 5.96 Å². The lowest BCUT2D eigenvalue weighted by Gasteiger charge is -2.12. The van der Waals surface area contributed by atoms with Gasteiger partial charge in [-0.25, -0.2) is 0 Å². The minimum atomic E-state index is 0.629. The molecule has 1 aromatic rings. The lowest BCUT2D eigenvalue weighted by atomic mass is 10.1. The summed E-state index contributed by atoms with van der Waals surface area (Å²) >= 11 is 0. The number of hydrogen-bond donors (Lipinski definition) is 2. The summed E-state index contributed by atoms with van der Waals surface area (Å²) in [6.45, 7) is 5.18. The van der Waals surface area contributed by atoms with E-state index in [2.05, 4.69) is 53.7 Å². The predicted molar refractivity (Wildman–Crippen MR) is 81.3 cm³/mol. The van der Waals surface area contributed by atoms with Gasteiger partial charge in [0.15, 0.2) is 5.96 Å². The number of aryl methyl sites for hydroxylation is 1. The summed E-state index contributed by atoms with van der Waals surface area (Å²) in [6, 6.07) is 9.24. The van der Waals surface area contributed by atoms with Crippen LogP contribution < -0.4 is 10.6 Å². The standard InChI is InChI=1S/C16H25N3/c1-4-5-14-10-15(14)19-16(17-3)18-11-13-8-6-12(2)7-9-13/h6-9,14-15H,4-5,10-11H2,1-3H3,(H2,17,18,19). The number of guanidine groups is 1. The zero-order chi connectivity index (χ0) is 13.7. The molecule has 1 fully saturated rings. The number of aliphatic imine (C=N–C) groups is 1. The minimum Gasteiger partial charge on any atom is -0.353 e. The van der Waals surface area contributed by atoms with E-state index in [1.807, 2.05) is 7.05 Å². The molecule has 2 atom stereocenters. The fourth-order valence-corrected chi connectivity index (χ4v) is 2.38. The Balaban J connectivity index is 1.76. The summed E-state index contributed by atoms with van der Waals surface area (Å²) in [7, 11) is 1.84. The van der Waals surface area contributed by atoms with E-state index < -0.39 is 0 Å². The Morgan fingerprint density at radius 1 is 1.32 bits per heavy atom. The van der Waals surface area contributed by atoms with Crippen LogP contribution in [0.15, 0.2) is 29.3 Å². The SMILES string of the molecule is CCCC1CC1NC(=NC)NCc1ccc(C)cc1. The second-order valence-corrected chi connectivity index (χ2v) is 5.45. The largest absolute Gasteiger partial charge is 0.353 e. The van der Waals surface area contributed by atoms with E-state index in [0.29, 0.717) is 6.04 Å². The zero-order valence-electron chi connectivity index (χ0n) is 12.2. The van der Waals surface area contributed by atoms with Gasteiger partial charge in [0, 0.05) is 19.6 Å². The average molecular weight is 259 g/mol. The van der Waals surface area contributed by atoms with Crippen molar-refractivity contribution in [1.29, 1.82) is 0 Å². The topological polar surface area (TPSA) is 36.4 Å². The highest BCUT2D eigenvalue weighted by Crippen LogP contribution is 2.34. The average Bonchev–Trinajstić information content (AvgIpc) is 3.15. The lowest BCUT2D eigenvalue weighted by molar-refractivity contribution is 0.655. The molecule has 0 aliphatic heterocycles. The van der Waals surface area contributed by atoms with Gasteiger partial charge in [0.25, 0.3) is 0 Å². The minimum absolute atomic E-state index is 0.629. The maximum Gasteiger partial charge on any atom is 0.191 e. The van der Waals surface area contributed by atoms with Crippen molar-refractivity contribution in [2.45, 2.75) is 45.7 Å². The monoisotopic (exact) mass is 259 g/mol. The molecule has 0 radical (unpaired) electrons. The summed E-state index contributed by atoms with van der Waals surface area (Å²) < 4.78 is 0. The third-order valence-corrected chi connectivity index (χ3v) is 3.71. The lowest BCUT2D eigenvalue weighted by Crippen LogP contribution is -2.38. The smallest absolute Gasteiger partial charge is 0.191 e. The fourth-order valence-electron chi connectivity index (χ4n) is 2.38. The van der Waals surface area contributed by atoms with Gasteiger partial charge in [-0.05, 0) is 31.2 Å². The highest BCUT2D eigenvalue weighted by Gasteiger charge is 2.36. The molecular weight excluding hydrogens is 234 g/mol. The van der Waals surface area contributed by atoms with Crippen molar-refractivity contribution in [2.75, 3.05) is 7.05 Å². The van der Waals surface area contributed by atoms with Crippen LogP contribution in [0.5, 0.6) is 0 Å². The molecule has 3 heteroatoms. The van der Waals surface area contributed by atoms with Gasteiger partial charge >= 0.3 is 0 Å². The molecule has 2 unspecified atom stereocenters. The van der Waals surface area contributed by atoms with Gasteiger partial charge in [0.05, 0.1) is 0 Å². The van der Waals surface area contributed by atoms with E-state index in [4.69, 9.17) is 0 Å². The highest BCUT2D eigenvalue weighted by molar-refractivity contribution is 5.80. The van der Waals surface area contributed by atoms with Gasteiger partial charge < -0.3 is 10.6 Å². The Labute approximate surface area is 116 Å². The van der Waals surface area contributed by atoms with Gasteiger partial charge in [-0.2, -0.15) is 0 Å². The van der Waals surface area contributed by atoms with Crippen LogP contribution in [0.25, 0.3) is 0 Å². The van der Waals surface area contributed by atoms with Crippen LogP contribution in [0.4, 0.5) is 0 Å². The van der Waals surface area contributed by atoms with Crippen LogP contribution in [0, 0.1) is 12.8 Å². The molecule has 2 rings (SSSR count). The summed E-state index contributed by atoms with van der Waals surface area (Å²) in [5.74, 6) is 1.77. The van der Waals surface area contributed by atoms with Crippen molar-refractivity contribution < 1.29 is 0 Å². The molecular formula is C16H25N3. The van der Waals surface area contributed by atoms with Gasteiger partial charge in [-0.1, -0.05) is 43.2 Å². The Morgan fingerprint density at radius 3 is 2.68 bits per heavy atom. The Bertz CT molecular complexity index is 422. The van der Waals surface area contributed by atoms with Gasteiger partial charge in [0.2, 0.25) is 0 Å². The molecule has 104 valence electrons. The summed E-state index contributed by atoms with van der Waals surface area (Å²) in [5, 5.41) is 6.87. The first-order valence-electron chi connectivity index (χ1n) is 7.25. The second kappa shape index (κ2) is 6.60. The van der Waals surface area contributed by atoms with E-state index in [9.17, 15) is 0 Å². The van der Waals surface area contributed by atoms with Crippen LogP contribution in [0.3, 0.4) is 0 Å². The number of hydrogen-bond acceptors (Lipinski definition) is 1. The van der Waals surface area contributed by atoms with E-state index in [1.54, 1.807) is 0 Å². The van der Waals surface area contributed by atoms with Crippen molar-refractivity contribution in [3.8, 4) is 0 Å². The second-order valence-electron chi connectivity index (χ2n) is 5.45. The zero-order valence-corrected chi connectivity index (χ0v) is 12.2. The molecule has 0 amide bonds. The molecule has 19 heavy (non-hydrogen) atoms. The normalized spacial score (nSPS) is 22.2. The highest BCUT2D eigenvalue weighted by atomic mass is 15.2. The number of nitrogens with zero attached hydrogens (tertiary/aromatic N) is 1. The summed E-state index contributed by atoms with van der Waals surface area (Å²) in [5.41, 5.74) is 2.58. The molecule has 3 nitrogen and oxygen atoms in total. The first-order valence-corrected chi connectivity index (χ1v) is 7.25. The number of nitrogens with one attached hydrogen (secondary N) is 2. The van der Waals surface area contributed by atoms with Gasteiger partial charge in [-0.3, -0.25) is 4.99 Å². The molecule has 2 N–H and O–H groups in total. The molecule has 1 aliphatic carbocycles. The summed E-state index contributed by atoms with van der Waals surface area (Å²) in [4.78, 5) is 4.29. The van der Waals surface area contributed by atoms with Crippen LogP contribution in [-0.4, -0.2) is 19.0 Å². The van der Waals surface area contributed by atoms with Gasteiger partial charge in [0.1, 0.15) is 0 Å². The first-order chi connectivity index (χ1) is 9.22. The van der Waals surface area contributed by atoms with E-state index in [0.717, 1.165) is 18.4 Å². The van der Waals surface area contributed by atoms with Crippen LogP contribution in [-0.2, 0) is 6.54 Å². The molecule has 1 saturated carbocycles. The van der Waals surface area contributed by atoms with Crippen LogP contribution >= 0.6 is 0 Å². The van der Waals surface area contributed by atoms with E-state index in [-0.39, 0.29) is 0 Å². The molecule has 0 saturated heterocycles.